The van der Waals surface area contributed by atoms with Crippen LogP contribution in [-0.2, 0) is 4.79 Å². The quantitative estimate of drug-likeness (QED) is 0.560. The first kappa shape index (κ1) is 6.65. The van der Waals surface area contributed by atoms with Gasteiger partial charge in [0.25, 0.3) is 0 Å². The molecule has 0 aromatic carbocycles. The molecule has 58 valence electrons. The van der Waals surface area contributed by atoms with Gasteiger partial charge in [-0.25, -0.2) is 0 Å². The number of carbonyl (C=O) groups is 1. The first-order chi connectivity index (χ1) is 5.38. The average molecular weight is 149 g/mol. The minimum Gasteiger partial charge on any atom is -0.384 e. The van der Waals surface area contributed by atoms with E-state index in [1.54, 1.807) is 0 Å². The molecule has 0 saturated carbocycles. The number of ketones is 1. The third-order valence-corrected chi connectivity index (χ3v) is 2.17. The lowest BCUT2D eigenvalue weighted by Crippen LogP contribution is -2.27. The van der Waals surface area contributed by atoms with Crippen molar-refractivity contribution >= 4 is 5.78 Å². The van der Waals surface area contributed by atoms with Crippen molar-refractivity contribution in [2.24, 2.45) is 0 Å². The number of allylic oxidation sites excluding steroid dienone is 3. The Kier molecular flexibility index (Phi) is 1.53. The van der Waals surface area contributed by atoms with Crippen LogP contribution >= 0.6 is 0 Å². The van der Waals surface area contributed by atoms with E-state index in [-0.39, 0.29) is 0 Å². The normalized spacial score (nSPS) is 23.1. The first-order valence-corrected chi connectivity index (χ1v) is 4.05. The lowest BCUT2D eigenvalue weighted by molar-refractivity contribution is -0.116. The van der Waals surface area contributed by atoms with E-state index in [0.717, 1.165) is 30.7 Å². The van der Waals surface area contributed by atoms with Crippen LogP contribution in [0.1, 0.15) is 19.3 Å². The summed E-state index contributed by atoms with van der Waals surface area (Å²) in [5, 5.41) is 3.22. The summed E-state index contributed by atoms with van der Waals surface area (Å²) < 4.78 is 0. The molecule has 0 atom stereocenters. The lowest BCUT2D eigenvalue weighted by Gasteiger charge is -2.21. The molecule has 2 aliphatic rings. The Bertz CT molecular complexity index is 250. The third kappa shape index (κ3) is 1.09. The lowest BCUT2D eigenvalue weighted by atomic mass is 9.94. The maximum absolute atomic E-state index is 11.3. The number of hydrogen-bond acceptors (Lipinski definition) is 2. The Labute approximate surface area is 66.0 Å². The van der Waals surface area contributed by atoms with E-state index in [4.69, 9.17) is 0 Å². The predicted molar refractivity (Wildman–Crippen MR) is 43.0 cm³/mol. The maximum atomic E-state index is 11.3. The smallest absolute Gasteiger partial charge is 0.162 e. The molecule has 0 radical (unpaired) electrons. The molecule has 0 aromatic heterocycles. The largest absolute Gasteiger partial charge is 0.384 e. The summed E-state index contributed by atoms with van der Waals surface area (Å²) in [7, 11) is 0. The summed E-state index contributed by atoms with van der Waals surface area (Å²) in [5.41, 5.74) is 2.08. The summed E-state index contributed by atoms with van der Waals surface area (Å²) in [6.07, 6.45) is 6.76. The van der Waals surface area contributed by atoms with Gasteiger partial charge in [0.05, 0.1) is 0 Å². The molecule has 0 saturated heterocycles. The van der Waals surface area contributed by atoms with Gasteiger partial charge in [-0.15, -0.1) is 0 Å². The van der Waals surface area contributed by atoms with Crippen molar-refractivity contribution in [3.8, 4) is 0 Å². The van der Waals surface area contributed by atoms with Crippen LogP contribution in [0, 0.1) is 0 Å². The van der Waals surface area contributed by atoms with Gasteiger partial charge in [0.1, 0.15) is 0 Å². The predicted octanol–water partition coefficient (Wildman–Crippen LogP) is 1.15. The zero-order chi connectivity index (χ0) is 7.68. The standard InChI is InChI=1S/C9H11NO/c11-9-5-6-10-8-4-2-1-3-7(8)9/h2,4,10H,1,3,5-6H2. The molecular formula is C9H11NO. The summed E-state index contributed by atoms with van der Waals surface area (Å²) in [4.78, 5) is 11.3. The highest BCUT2D eigenvalue weighted by molar-refractivity contribution is 5.97. The molecule has 2 nitrogen and oxygen atoms in total. The van der Waals surface area contributed by atoms with Crippen LogP contribution in [-0.4, -0.2) is 12.3 Å². The summed E-state index contributed by atoms with van der Waals surface area (Å²) >= 11 is 0. The van der Waals surface area contributed by atoms with E-state index in [1.165, 1.54) is 0 Å². The van der Waals surface area contributed by atoms with Crippen LogP contribution in [0.4, 0.5) is 0 Å². The van der Waals surface area contributed by atoms with Crippen LogP contribution in [0.15, 0.2) is 23.4 Å². The third-order valence-electron chi connectivity index (χ3n) is 2.17. The summed E-state index contributed by atoms with van der Waals surface area (Å²) in [5.74, 6) is 0.336. The van der Waals surface area contributed by atoms with Gasteiger partial charge in [0.15, 0.2) is 5.78 Å². The van der Waals surface area contributed by atoms with E-state index >= 15 is 0 Å². The van der Waals surface area contributed by atoms with Gasteiger partial charge in [-0.1, -0.05) is 6.08 Å². The second-order valence-electron chi connectivity index (χ2n) is 2.93. The Hall–Kier alpha value is -1.05. The van der Waals surface area contributed by atoms with Gasteiger partial charge < -0.3 is 5.32 Å². The average Bonchev–Trinajstić information content (AvgIpc) is 2.06. The molecule has 1 N–H and O–H groups in total. The molecule has 2 rings (SSSR count). The van der Waals surface area contributed by atoms with Crippen molar-refractivity contribution in [2.75, 3.05) is 6.54 Å². The van der Waals surface area contributed by atoms with Crippen molar-refractivity contribution in [1.29, 1.82) is 0 Å². The van der Waals surface area contributed by atoms with Gasteiger partial charge in [-0.05, 0) is 18.9 Å². The van der Waals surface area contributed by atoms with Crippen LogP contribution < -0.4 is 5.32 Å². The fraction of sp³-hybridized carbons (Fsp3) is 0.444. The number of Topliss-reactive ketones (excluding diaryl/α,β-unsaturated/α-hetero) is 1. The number of carbonyl (C=O) groups excluding carboxylic acids is 1. The van der Waals surface area contributed by atoms with Crippen molar-refractivity contribution < 1.29 is 4.79 Å². The highest BCUT2D eigenvalue weighted by Crippen LogP contribution is 2.21. The maximum Gasteiger partial charge on any atom is 0.162 e. The molecule has 2 heteroatoms. The Morgan fingerprint density at radius 1 is 1.36 bits per heavy atom. The van der Waals surface area contributed by atoms with Crippen LogP contribution in [0.2, 0.25) is 0 Å². The van der Waals surface area contributed by atoms with E-state index < -0.39 is 0 Å². The fourth-order valence-electron chi connectivity index (χ4n) is 1.58. The Morgan fingerprint density at radius 3 is 3.09 bits per heavy atom. The highest BCUT2D eigenvalue weighted by Gasteiger charge is 2.19. The Balaban J connectivity index is 2.35. The van der Waals surface area contributed by atoms with Gasteiger partial charge in [-0.2, -0.15) is 0 Å². The van der Waals surface area contributed by atoms with Crippen LogP contribution in [0.25, 0.3) is 0 Å². The molecule has 0 spiro atoms. The monoisotopic (exact) mass is 149 g/mol. The van der Waals surface area contributed by atoms with Gasteiger partial charge >= 0.3 is 0 Å². The van der Waals surface area contributed by atoms with Crippen molar-refractivity contribution in [3.05, 3.63) is 23.4 Å². The second-order valence-corrected chi connectivity index (χ2v) is 2.93. The molecule has 0 bridgehead atoms. The molecule has 1 aliphatic carbocycles. The molecule has 0 amide bonds. The van der Waals surface area contributed by atoms with E-state index in [9.17, 15) is 4.79 Å². The molecule has 11 heavy (non-hydrogen) atoms. The zero-order valence-electron chi connectivity index (χ0n) is 6.39. The van der Waals surface area contributed by atoms with Crippen molar-refractivity contribution in [2.45, 2.75) is 19.3 Å². The first-order valence-electron chi connectivity index (χ1n) is 4.05. The molecule has 1 heterocycles. The molecule has 0 aromatic rings. The second kappa shape index (κ2) is 2.53. The molecule has 0 fully saturated rings. The Morgan fingerprint density at radius 2 is 2.27 bits per heavy atom. The molecular weight excluding hydrogens is 138 g/mol. The van der Waals surface area contributed by atoms with Crippen LogP contribution in [0.5, 0.6) is 0 Å². The van der Waals surface area contributed by atoms with Gasteiger partial charge in [0, 0.05) is 24.2 Å². The van der Waals surface area contributed by atoms with Crippen molar-refractivity contribution in [1.82, 2.24) is 5.32 Å². The molecule has 0 unspecified atom stereocenters. The van der Waals surface area contributed by atoms with Gasteiger partial charge in [-0.3, -0.25) is 4.79 Å². The van der Waals surface area contributed by atoms with E-state index in [1.807, 2.05) is 6.08 Å². The van der Waals surface area contributed by atoms with E-state index in [0.29, 0.717) is 12.2 Å². The van der Waals surface area contributed by atoms with Crippen molar-refractivity contribution in [3.63, 3.8) is 0 Å². The highest BCUT2D eigenvalue weighted by atomic mass is 16.1. The summed E-state index contributed by atoms with van der Waals surface area (Å²) in [6, 6.07) is 0. The molecule has 1 aliphatic heterocycles. The number of nitrogens with one attached hydrogen (secondary N) is 1. The minimum absolute atomic E-state index is 0.336. The number of hydrogen-bond donors (Lipinski definition) is 1. The fourth-order valence-corrected chi connectivity index (χ4v) is 1.58. The SMILES string of the molecule is O=C1CCNC2=C1CCC=C2. The number of rotatable bonds is 0. The van der Waals surface area contributed by atoms with Gasteiger partial charge in [0.2, 0.25) is 0 Å². The summed E-state index contributed by atoms with van der Waals surface area (Å²) in [6.45, 7) is 0.808. The van der Waals surface area contributed by atoms with Crippen LogP contribution in [0.3, 0.4) is 0 Å². The minimum atomic E-state index is 0.336. The topological polar surface area (TPSA) is 29.1 Å². The zero-order valence-corrected chi connectivity index (χ0v) is 6.39. The van der Waals surface area contributed by atoms with E-state index in [2.05, 4.69) is 11.4 Å².